The number of aryl methyl sites for hydroxylation is 1. The molecule has 32 heavy (non-hydrogen) atoms. The minimum atomic E-state index is -1.14. The normalized spacial score (nSPS) is 11.7. The minimum absolute atomic E-state index is 0.109. The zero-order valence-electron chi connectivity index (χ0n) is 17.9. The lowest BCUT2D eigenvalue weighted by molar-refractivity contribution is -0.139. The molecule has 2 aromatic carbocycles. The molecular formula is C24H25N3O4S. The van der Waals surface area contributed by atoms with Crippen LogP contribution in [0.15, 0.2) is 65.5 Å². The summed E-state index contributed by atoms with van der Waals surface area (Å²) in [5, 5.41) is 16.7. The minimum Gasteiger partial charge on any atom is -0.480 e. The number of carboxylic acids is 1. The van der Waals surface area contributed by atoms with Gasteiger partial charge >= 0.3 is 5.97 Å². The fourth-order valence-electron chi connectivity index (χ4n) is 3.40. The van der Waals surface area contributed by atoms with Crippen molar-refractivity contribution in [1.29, 1.82) is 0 Å². The molecule has 3 rings (SSSR count). The van der Waals surface area contributed by atoms with Crippen LogP contribution in [-0.2, 0) is 11.3 Å². The van der Waals surface area contributed by atoms with Crippen molar-refractivity contribution in [3.05, 3.63) is 76.6 Å². The van der Waals surface area contributed by atoms with Crippen LogP contribution in [0.4, 0.5) is 0 Å². The summed E-state index contributed by atoms with van der Waals surface area (Å²) in [5.74, 6) is -1.29. The molecule has 1 amide bonds. The van der Waals surface area contributed by atoms with Gasteiger partial charge in [0.25, 0.3) is 11.5 Å². The van der Waals surface area contributed by atoms with E-state index in [9.17, 15) is 19.5 Å². The van der Waals surface area contributed by atoms with Gasteiger partial charge in [0.15, 0.2) is 0 Å². The number of rotatable bonds is 9. The third-order valence-electron chi connectivity index (χ3n) is 5.01. The molecule has 0 aliphatic carbocycles. The zero-order chi connectivity index (χ0) is 23.1. The van der Waals surface area contributed by atoms with Gasteiger partial charge in [0, 0.05) is 17.7 Å². The Hall–Kier alpha value is -3.39. The molecule has 0 saturated carbocycles. The van der Waals surface area contributed by atoms with E-state index in [0.717, 1.165) is 5.56 Å². The maximum Gasteiger partial charge on any atom is 0.326 e. The molecule has 2 N–H and O–H groups in total. The number of aromatic nitrogens is 2. The first-order chi connectivity index (χ1) is 15.5. The molecule has 0 aliphatic rings. The predicted molar refractivity (Wildman–Crippen MR) is 127 cm³/mol. The van der Waals surface area contributed by atoms with Gasteiger partial charge in [-0.2, -0.15) is 16.9 Å². The summed E-state index contributed by atoms with van der Waals surface area (Å²) in [5.41, 5.74) is 1.61. The number of nitrogens with one attached hydrogen (secondary N) is 1. The average molecular weight is 452 g/mol. The van der Waals surface area contributed by atoms with Crippen LogP contribution in [0.2, 0.25) is 0 Å². The molecule has 166 valence electrons. The van der Waals surface area contributed by atoms with Crippen LogP contribution in [0.3, 0.4) is 0 Å². The van der Waals surface area contributed by atoms with Crippen LogP contribution in [0, 0.1) is 0 Å². The second-order valence-electron chi connectivity index (χ2n) is 7.10. The number of carbonyl (C=O) groups excluding carboxylic acids is 1. The highest BCUT2D eigenvalue weighted by Gasteiger charge is 2.28. The molecular weight excluding hydrogens is 426 g/mol. The Bertz CT molecular complexity index is 1150. The quantitative estimate of drug-likeness (QED) is 0.516. The lowest BCUT2D eigenvalue weighted by Crippen LogP contribution is -2.44. The summed E-state index contributed by atoms with van der Waals surface area (Å²) in [7, 11) is 0. The number of aliphatic carboxylic acids is 1. The molecule has 1 atom stereocenters. The number of carboxylic acid groups (broad SMARTS) is 1. The highest BCUT2D eigenvalue weighted by atomic mass is 32.2. The highest BCUT2D eigenvalue weighted by Crippen LogP contribution is 2.32. The first kappa shape index (κ1) is 23.3. The number of hydrogen-bond donors (Lipinski definition) is 2. The second kappa shape index (κ2) is 10.8. The Balaban J connectivity index is 2.25. The molecule has 0 fully saturated rings. The summed E-state index contributed by atoms with van der Waals surface area (Å²) in [6, 6.07) is 17.3. The Labute approximate surface area is 190 Å². The Morgan fingerprint density at radius 1 is 1.06 bits per heavy atom. The molecule has 0 saturated heterocycles. The first-order valence-electron chi connectivity index (χ1n) is 10.3. The van der Waals surface area contributed by atoms with Gasteiger partial charge in [0.05, 0.1) is 5.69 Å². The molecule has 1 aromatic heterocycles. The van der Waals surface area contributed by atoms with Gasteiger partial charge < -0.3 is 10.4 Å². The van der Waals surface area contributed by atoms with Gasteiger partial charge in [-0.1, -0.05) is 60.7 Å². The molecule has 7 nitrogen and oxygen atoms in total. The molecule has 8 heteroatoms. The van der Waals surface area contributed by atoms with E-state index in [2.05, 4.69) is 10.4 Å². The molecule has 1 heterocycles. The second-order valence-corrected chi connectivity index (χ2v) is 8.08. The van der Waals surface area contributed by atoms with E-state index in [0.29, 0.717) is 22.6 Å². The van der Waals surface area contributed by atoms with Crippen molar-refractivity contribution in [2.45, 2.75) is 25.9 Å². The Morgan fingerprint density at radius 2 is 1.66 bits per heavy atom. The summed E-state index contributed by atoms with van der Waals surface area (Å²) in [6.07, 6.45) is 2.12. The lowest BCUT2D eigenvalue weighted by atomic mass is 9.95. The number of hydrogen-bond acceptors (Lipinski definition) is 5. The topological polar surface area (TPSA) is 101 Å². The van der Waals surface area contributed by atoms with Crippen LogP contribution in [0.1, 0.15) is 23.7 Å². The fourth-order valence-corrected chi connectivity index (χ4v) is 3.87. The van der Waals surface area contributed by atoms with E-state index >= 15 is 0 Å². The standard InChI is InChI=1S/C24H25N3O4S/c1-3-27-23(29)20(22(28)25-18(24(30)31)14-15-32-2)19(16-10-6-4-7-11-16)21(26-27)17-12-8-5-9-13-17/h4-13,18H,3,14-15H2,1-2H3,(H,25,28)(H,30,31). The number of benzene rings is 2. The Kier molecular flexibility index (Phi) is 7.83. The molecule has 0 aliphatic heterocycles. The third-order valence-corrected chi connectivity index (χ3v) is 5.65. The van der Waals surface area contributed by atoms with Gasteiger partial charge in [-0.05, 0) is 30.9 Å². The summed E-state index contributed by atoms with van der Waals surface area (Å²) >= 11 is 1.49. The van der Waals surface area contributed by atoms with Gasteiger partial charge in [-0.15, -0.1) is 0 Å². The number of nitrogens with zero attached hydrogens (tertiary/aromatic N) is 2. The zero-order valence-corrected chi connectivity index (χ0v) is 18.8. The summed E-state index contributed by atoms with van der Waals surface area (Å²) < 4.78 is 1.24. The number of carbonyl (C=O) groups is 2. The fraction of sp³-hybridized carbons (Fsp3) is 0.250. The maximum atomic E-state index is 13.4. The summed E-state index contributed by atoms with van der Waals surface area (Å²) in [4.78, 5) is 38.3. The van der Waals surface area contributed by atoms with Gasteiger partial charge in [-0.25, -0.2) is 9.48 Å². The molecule has 0 radical (unpaired) electrons. The monoisotopic (exact) mass is 451 g/mol. The van der Waals surface area contributed by atoms with E-state index in [-0.39, 0.29) is 18.5 Å². The van der Waals surface area contributed by atoms with Gasteiger partial charge in [0.1, 0.15) is 11.6 Å². The maximum absolute atomic E-state index is 13.4. The van der Waals surface area contributed by atoms with Crippen molar-refractivity contribution in [3.8, 4) is 22.4 Å². The van der Waals surface area contributed by atoms with Crippen LogP contribution >= 0.6 is 11.8 Å². The largest absolute Gasteiger partial charge is 0.480 e. The van der Waals surface area contributed by atoms with Crippen LogP contribution in [-0.4, -0.2) is 44.8 Å². The number of thioether (sulfide) groups is 1. The van der Waals surface area contributed by atoms with Gasteiger partial charge in [0.2, 0.25) is 0 Å². The molecule has 3 aromatic rings. The van der Waals surface area contributed by atoms with Crippen molar-refractivity contribution in [3.63, 3.8) is 0 Å². The highest BCUT2D eigenvalue weighted by molar-refractivity contribution is 7.98. The SMILES string of the molecule is CCn1nc(-c2ccccc2)c(-c2ccccc2)c(C(=O)NC(CCSC)C(=O)O)c1=O. The van der Waals surface area contributed by atoms with Crippen LogP contribution in [0.25, 0.3) is 22.4 Å². The van der Waals surface area contributed by atoms with Crippen molar-refractivity contribution in [2.75, 3.05) is 12.0 Å². The smallest absolute Gasteiger partial charge is 0.326 e. The van der Waals surface area contributed by atoms with E-state index in [1.54, 1.807) is 19.1 Å². The van der Waals surface area contributed by atoms with Crippen molar-refractivity contribution in [1.82, 2.24) is 15.1 Å². The van der Waals surface area contributed by atoms with Crippen LogP contribution in [0.5, 0.6) is 0 Å². The van der Waals surface area contributed by atoms with E-state index in [1.165, 1.54) is 16.4 Å². The molecule has 0 bridgehead atoms. The predicted octanol–water partition coefficient (Wildman–Crippen LogP) is 3.53. The molecule has 0 spiro atoms. The van der Waals surface area contributed by atoms with Crippen molar-refractivity contribution < 1.29 is 14.7 Å². The van der Waals surface area contributed by atoms with E-state index in [4.69, 9.17) is 0 Å². The number of amides is 1. The first-order valence-corrected chi connectivity index (χ1v) is 11.7. The summed E-state index contributed by atoms with van der Waals surface area (Å²) in [6.45, 7) is 2.04. The average Bonchev–Trinajstić information content (AvgIpc) is 2.82. The lowest BCUT2D eigenvalue weighted by Gasteiger charge is -2.19. The van der Waals surface area contributed by atoms with Gasteiger partial charge in [-0.3, -0.25) is 9.59 Å². The van der Waals surface area contributed by atoms with Crippen molar-refractivity contribution >= 4 is 23.6 Å². The van der Waals surface area contributed by atoms with E-state index < -0.39 is 23.5 Å². The third kappa shape index (κ3) is 5.08. The molecule has 1 unspecified atom stereocenters. The van der Waals surface area contributed by atoms with Crippen molar-refractivity contribution in [2.24, 2.45) is 0 Å². The van der Waals surface area contributed by atoms with E-state index in [1.807, 2.05) is 54.8 Å². The van der Waals surface area contributed by atoms with Crippen LogP contribution < -0.4 is 10.9 Å². The Morgan fingerprint density at radius 3 is 2.19 bits per heavy atom.